The number of benzene rings is 2. The Balaban J connectivity index is 1.74. The van der Waals surface area contributed by atoms with Crippen molar-refractivity contribution in [3.05, 3.63) is 94.6 Å². The lowest BCUT2D eigenvalue weighted by Gasteiger charge is -2.09. The van der Waals surface area contributed by atoms with Gasteiger partial charge in [-0.3, -0.25) is 19.0 Å². The highest BCUT2D eigenvalue weighted by Gasteiger charge is 2.20. The molecule has 6 nitrogen and oxygen atoms in total. The van der Waals surface area contributed by atoms with Gasteiger partial charge in [0.15, 0.2) is 11.6 Å². The standard InChI is InChI=1S/C22H15N3O3S/c26-17-11-12-20(27)18(13-17)21(28)23-24-22-25(16-9-5-2-6-10-16)19(14-29-22)15-7-3-1-4-8-15/h1-14H,(H,23,28)/b24-22+. The van der Waals surface area contributed by atoms with E-state index in [0.29, 0.717) is 4.80 Å². The Bertz CT molecular complexity index is 1220. The molecule has 0 spiro atoms. The van der Waals surface area contributed by atoms with Gasteiger partial charge >= 0.3 is 0 Å². The number of nitrogens with zero attached hydrogens (tertiary/aromatic N) is 2. The molecule has 142 valence electrons. The second kappa shape index (κ2) is 8.04. The van der Waals surface area contributed by atoms with Crippen molar-refractivity contribution in [2.24, 2.45) is 5.10 Å². The van der Waals surface area contributed by atoms with Crippen molar-refractivity contribution in [1.82, 2.24) is 9.99 Å². The molecule has 1 amide bonds. The summed E-state index contributed by atoms with van der Waals surface area (Å²) in [5, 5.41) is 6.17. The van der Waals surface area contributed by atoms with Crippen LogP contribution in [0.5, 0.6) is 0 Å². The minimum atomic E-state index is -0.720. The van der Waals surface area contributed by atoms with E-state index in [-0.39, 0.29) is 5.57 Å². The van der Waals surface area contributed by atoms with Crippen molar-refractivity contribution in [2.75, 3.05) is 0 Å². The molecule has 0 fully saturated rings. The summed E-state index contributed by atoms with van der Waals surface area (Å²) in [5.74, 6) is -1.65. The van der Waals surface area contributed by atoms with Crippen molar-refractivity contribution < 1.29 is 14.4 Å². The maximum atomic E-state index is 12.4. The monoisotopic (exact) mass is 401 g/mol. The highest BCUT2D eigenvalue weighted by molar-refractivity contribution is 7.07. The summed E-state index contributed by atoms with van der Waals surface area (Å²) in [6, 6.07) is 19.5. The summed E-state index contributed by atoms with van der Waals surface area (Å²) in [6.07, 6.45) is 3.23. The average Bonchev–Trinajstić information content (AvgIpc) is 3.19. The van der Waals surface area contributed by atoms with Crippen molar-refractivity contribution in [1.29, 1.82) is 0 Å². The van der Waals surface area contributed by atoms with Crippen LogP contribution in [0.1, 0.15) is 0 Å². The Hall–Kier alpha value is -3.84. The van der Waals surface area contributed by atoms with Gasteiger partial charge < -0.3 is 0 Å². The summed E-state index contributed by atoms with van der Waals surface area (Å²) in [6.45, 7) is 0. The number of carbonyl (C=O) groups excluding carboxylic acids is 3. The van der Waals surface area contributed by atoms with Crippen LogP contribution < -0.4 is 10.2 Å². The summed E-state index contributed by atoms with van der Waals surface area (Å²) < 4.78 is 1.92. The van der Waals surface area contributed by atoms with E-state index in [1.807, 2.05) is 70.6 Å². The fraction of sp³-hybridized carbons (Fsp3) is 0. The number of thiazole rings is 1. The lowest BCUT2D eigenvalue weighted by Crippen LogP contribution is -2.29. The quantitative estimate of drug-likeness (QED) is 0.415. The average molecular weight is 401 g/mol. The van der Waals surface area contributed by atoms with Gasteiger partial charge in [-0.15, -0.1) is 16.4 Å². The Labute approximate surface area is 170 Å². The largest absolute Gasteiger partial charge is 0.290 e. The normalized spacial score (nSPS) is 14.1. The first-order valence-corrected chi connectivity index (χ1v) is 9.65. The molecule has 1 heterocycles. The van der Waals surface area contributed by atoms with Gasteiger partial charge in [0.1, 0.15) is 0 Å². The van der Waals surface area contributed by atoms with Gasteiger partial charge in [0.05, 0.1) is 11.3 Å². The minimum absolute atomic E-state index is 0.229. The lowest BCUT2D eigenvalue weighted by molar-refractivity contribution is -0.122. The van der Waals surface area contributed by atoms with E-state index < -0.39 is 17.5 Å². The Morgan fingerprint density at radius 1 is 0.931 bits per heavy atom. The van der Waals surface area contributed by atoms with Crippen LogP contribution in [-0.4, -0.2) is 22.0 Å². The smallest absolute Gasteiger partial charge is 0.275 e. The van der Waals surface area contributed by atoms with Crippen LogP contribution >= 0.6 is 11.3 Å². The first kappa shape index (κ1) is 18.5. The maximum absolute atomic E-state index is 12.4. The molecule has 7 heteroatoms. The highest BCUT2D eigenvalue weighted by Crippen LogP contribution is 2.23. The Morgan fingerprint density at radius 2 is 1.62 bits per heavy atom. The van der Waals surface area contributed by atoms with Gasteiger partial charge in [0.25, 0.3) is 5.91 Å². The fourth-order valence-corrected chi connectivity index (χ4v) is 3.74. The number of carbonyl (C=O) groups is 3. The van der Waals surface area contributed by atoms with E-state index in [1.54, 1.807) is 0 Å². The molecule has 29 heavy (non-hydrogen) atoms. The van der Waals surface area contributed by atoms with Gasteiger partial charge in [-0.2, -0.15) is 0 Å². The molecule has 1 aromatic heterocycles. The van der Waals surface area contributed by atoms with E-state index in [9.17, 15) is 14.4 Å². The van der Waals surface area contributed by atoms with Crippen LogP contribution in [0, 0.1) is 0 Å². The molecule has 1 aliphatic rings. The predicted molar refractivity (Wildman–Crippen MR) is 110 cm³/mol. The Kier molecular flexibility index (Phi) is 5.13. The van der Waals surface area contributed by atoms with Gasteiger partial charge in [-0.25, -0.2) is 5.43 Å². The molecule has 1 aliphatic carbocycles. The molecule has 3 aromatic rings. The van der Waals surface area contributed by atoms with Crippen LogP contribution in [0.4, 0.5) is 0 Å². The van der Waals surface area contributed by atoms with Crippen LogP contribution in [0.2, 0.25) is 0 Å². The van der Waals surface area contributed by atoms with E-state index in [2.05, 4.69) is 10.5 Å². The number of para-hydroxylation sites is 1. The molecule has 2 aromatic carbocycles. The first-order valence-electron chi connectivity index (χ1n) is 8.77. The van der Waals surface area contributed by atoms with E-state index in [1.165, 1.54) is 11.3 Å². The van der Waals surface area contributed by atoms with E-state index in [0.717, 1.165) is 35.2 Å². The number of aromatic nitrogens is 1. The van der Waals surface area contributed by atoms with Crippen molar-refractivity contribution in [2.45, 2.75) is 0 Å². The van der Waals surface area contributed by atoms with Gasteiger partial charge in [0, 0.05) is 17.1 Å². The molecule has 0 atom stereocenters. The lowest BCUT2D eigenvalue weighted by atomic mass is 10.0. The number of allylic oxidation sites excluding steroid dienone is 3. The van der Waals surface area contributed by atoms with Crippen LogP contribution in [0.15, 0.2) is 94.9 Å². The van der Waals surface area contributed by atoms with Crippen LogP contribution in [-0.2, 0) is 14.4 Å². The summed E-state index contributed by atoms with van der Waals surface area (Å²) >= 11 is 1.35. The third kappa shape index (κ3) is 3.90. The topological polar surface area (TPSA) is 80.5 Å². The van der Waals surface area contributed by atoms with Crippen molar-refractivity contribution >= 4 is 28.8 Å². The van der Waals surface area contributed by atoms with Crippen molar-refractivity contribution in [3.63, 3.8) is 0 Å². The fourth-order valence-electron chi connectivity index (χ4n) is 2.87. The zero-order valence-corrected chi connectivity index (χ0v) is 15.9. The number of hydrogen-bond donors (Lipinski definition) is 1. The molecule has 4 rings (SSSR count). The summed E-state index contributed by atoms with van der Waals surface area (Å²) in [4.78, 5) is 36.2. The van der Waals surface area contributed by atoms with Gasteiger partial charge in [-0.05, 0) is 29.8 Å². The molecule has 0 saturated heterocycles. The van der Waals surface area contributed by atoms with Gasteiger partial charge in [0.2, 0.25) is 4.80 Å². The summed E-state index contributed by atoms with van der Waals surface area (Å²) in [5.41, 5.74) is 4.97. The second-order valence-corrected chi connectivity index (χ2v) is 6.99. The number of amides is 1. The highest BCUT2D eigenvalue weighted by atomic mass is 32.1. The molecular formula is C22H15N3O3S. The molecule has 0 unspecified atom stereocenters. The van der Waals surface area contributed by atoms with E-state index >= 15 is 0 Å². The second-order valence-electron chi connectivity index (χ2n) is 6.15. The molecule has 1 N–H and O–H groups in total. The van der Waals surface area contributed by atoms with E-state index in [4.69, 9.17) is 0 Å². The molecule has 0 radical (unpaired) electrons. The van der Waals surface area contributed by atoms with Crippen LogP contribution in [0.25, 0.3) is 16.9 Å². The molecule has 0 aliphatic heterocycles. The number of ketones is 2. The summed E-state index contributed by atoms with van der Waals surface area (Å²) in [7, 11) is 0. The number of nitrogens with one attached hydrogen (secondary N) is 1. The zero-order chi connectivity index (χ0) is 20.2. The number of rotatable bonds is 4. The predicted octanol–water partition coefficient (Wildman–Crippen LogP) is 2.77. The zero-order valence-electron chi connectivity index (χ0n) is 15.1. The minimum Gasteiger partial charge on any atom is -0.290 e. The molecular weight excluding hydrogens is 386 g/mol. The Morgan fingerprint density at radius 3 is 2.34 bits per heavy atom. The maximum Gasteiger partial charge on any atom is 0.275 e. The van der Waals surface area contributed by atoms with Crippen molar-refractivity contribution in [3.8, 4) is 16.9 Å². The molecule has 0 bridgehead atoms. The SMILES string of the molecule is O=C1C=CC(=O)C(C(=O)N/N=c2/scc(-c3ccccc3)n2-c2ccccc2)=C1. The van der Waals surface area contributed by atoms with Gasteiger partial charge in [-0.1, -0.05) is 48.5 Å². The molecule has 0 saturated carbocycles. The van der Waals surface area contributed by atoms with Crippen LogP contribution in [0.3, 0.4) is 0 Å². The third-order valence-corrected chi connectivity index (χ3v) is 5.07. The first-order chi connectivity index (χ1) is 14.1. The third-order valence-electron chi connectivity index (χ3n) is 4.24. The number of hydrogen-bond acceptors (Lipinski definition) is 5.